The highest BCUT2D eigenvalue weighted by molar-refractivity contribution is 9.10. The van der Waals surface area contributed by atoms with Crippen LogP contribution in [0.5, 0.6) is 5.88 Å². The van der Waals surface area contributed by atoms with E-state index in [0.29, 0.717) is 21.3 Å². The molecule has 184 valence electrons. The lowest BCUT2D eigenvalue weighted by Crippen LogP contribution is -2.30. The van der Waals surface area contributed by atoms with Crippen LogP contribution in [0.4, 0.5) is 11.4 Å². The lowest BCUT2D eigenvalue weighted by Gasteiger charge is -2.29. The van der Waals surface area contributed by atoms with Gasteiger partial charge in [0.05, 0.1) is 23.4 Å². The summed E-state index contributed by atoms with van der Waals surface area (Å²) >= 11 is 3.40. The normalized spacial score (nSPS) is 13.5. The Hall–Kier alpha value is -3.56. The van der Waals surface area contributed by atoms with Gasteiger partial charge in [0.1, 0.15) is 11.6 Å². The van der Waals surface area contributed by atoms with E-state index in [1.54, 1.807) is 13.0 Å². The van der Waals surface area contributed by atoms with Gasteiger partial charge in [-0.1, -0.05) is 0 Å². The van der Waals surface area contributed by atoms with Gasteiger partial charge < -0.3 is 14.4 Å². The van der Waals surface area contributed by atoms with E-state index >= 15 is 0 Å². The lowest BCUT2D eigenvalue weighted by atomic mass is 10.1. The van der Waals surface area contributed by atoms with Gasteiger partial charge in [-0.15, -0.1) is 0 Å². The molecule has 2 heterocycles. The third-order valence-corrected chi connectivity index (χ3v) is 6.47. The van der Waals surface area contributed by atoms with Crippen LogP contribution in [0.2, 0.25) is 0 Å². The number of pyridine rings is 1. The molecular formula is C23H25BrN6O5. The Morgan fingerprint density at radius 2 is 2.14 bits per heavy atom. The van der Waals surface area contributed by atoms with E-state index in [1.165, 1.54) is 25.5 Å². The predicted molar refractivity (Wildman–Crippen MR) is 132 cm³/mol. The lowest BCUT2D eigenvalue weighted by molar-refractivity contribution is -0.384. The molecular weight excluding hydrogens is 520 g/mol. The van der Waals surface area contributed by atoms with Crippen LogP contribution < -0.4 is 15.1 Å². The number of nitrogens with one attached hydrogen (secondary N) is 1. The second kappa shape index (κ2) is 12.2. The van der Waals surface area contributed by atoms with Gasteiger partial charge in [-0.3, -0.25) is 14.9 Å². The minimum atomic E-state index is -0.578. The van der Waals surface area contributed by atoms with Crippen molar-refractivity contribution in [3.8, 4) is 11.9 Å². The average molecular weight is 545 g/mol. The summed E-state index contributed by atoms with van der Waals surface area (Å²) in [7, 11) is 1.51. The van der Waals surface area contributed by atoms with Gasteiger partial charge in [0, 0.05) is 53.6 Å². The number of hydrogen-bond donors (Lipinski definition) is 1. The summed E-state index contributed by atoms with van der Waals surface area (Å²) in [4.78, 5) is 29.5. The molecule has 1 aromatic heterocycles. The maximum Gasteiger partial charge on any atom is 0.278 e. The van der Waals surface area contributed by atoms with Crippen LogP contribution in [0, 0.1) is 28.4 Å². The molecule has 0 spiro atoms. The van der Waals surface area contributed by atoms with Crippen molar-refractivity contribution in [2.45, 2.75) is 32.8 Å². The van der Waals surface area contributed by atoms with E-state index in [0.717, 1.165) is 38.0 Å². The molecule has 1 amide bonds. The number of non-ortho nitro benzene ring substituents is 1. The fourth-order valence-electron chi connectivity index (χ4n) is 3.74. The number of carbonyl (C=O) groups excluding carboxylic acids is 1. The van der Waals surface area contributed by atoms with E-state index in [1.807, 2.05) is 6.07 Å². The molecule has 12 heteroatoms. The van der Waals surface area contributed by atoms with E-state index in [9.17, 15) is 20.2 Å². The highest BCUT2D eigenvalue weighted by atomic mass is 79.9. The minimum Gasteiger partial charge on any atom is -0.467 e. The fourth-order valence-corrected chi connectivity index (χ4v) is 4.14. The van der Waals surface area contributed by atoms with Gasteiger partial charge >= 0.3 is 0 Å². The number of aryl methyl sites for hydroxylation is 1. The first-order chi connectivity index (χ1) is 16.8. The third-order valence-electron chi connectivity index (χ3n) is 5.42. The van der Waals surface area contributed by atoms with Crippen molar-refractivity contribution in [3.05, 3.63) is 55.2 Å². The molecule has 0 atom stereocenters. The van der Waals surface area contributed by atoms with Gasteiger partial charge in [-0.05, 0) is 48.2 Å². The predicted octanol–water partition coefficient (Wildman–Crippen LogP) is 3.60. The molecule has 3 rings (SSSR count). The smallest absolute Gasteiger partial charge is 0.278 e. The van der Waals surface area contributed by atoms with Gasteiger partial charge in [0.15, 0.2) is 6.61 Å². The number of carbonyl (C=O) groups is 1. The number of nitro benzene ring substituents is 1. The maximum absolute atomic E-state index is 12.3. The number of methoxy groups -OCH3 is 1. The zero-order valence-corrected chi connectivity index (χ0v) is 21.0. The molecule has 0 aliphatic carbocycles. The van der Waals surface area contributed by atoms with Crippen LogP contribution in [0.25, 0.3) is 0 Å². The number of nitrogens with zero attached hydrogens (tertiary/aromatic N) is 5. The highest BCUT2D eigenvalue weighted by Gasteiger charge is 2.19. The van der Waals surface area contributed by atoms with Crippen molar-refractivity contribution in [1.82, 2.24) is 10.4 Å². The Bertz CT molecular complexity index is 1170. The molecule has 0 bridgehead atoms. The number of anilines is 1. The molecule has 1 aliphatic rings. The quantitative estimate of drug-likeness (QED) is 0.286. The number of nitro groups is 1. The first-order valence-electron chi connectivity index (χ1n) is 10.9. The number of amides is 1. The van der Waals surface area contributed by atoms with Crippen molar-refractivity contribution >= 4 is 39.4 Å². The summed E-state index contributed by atoms with van der Waals surface area (Å²) in [6.07, 6.45) is 4.62. The first-order valence-corrected chi connectivity index (χ1v) is 11.7. The van der Waals surface area contributed by atoms with Crippen LogP contribution in [-0.2, 0) is 16.1 Å². The van der Waals surface area contributed by atoms with Crippen LogP contribution in [-0.4, -0.2) is 48.8 Å². The van der Waals surface area contributed by atoms with Crippen LogP contribution in [0.3, 0.4) is 0 Å². The third kappa shape index (κ3) is 6.52. The average Bonchev–Trinajstić information content (AvgIpc) is 2.86. The first kappa shape index (κ1) is 26.1. The molecule has 35 heavy (non-hydrogen) atoms. The summed E-state index contributed by atoms with van der Waals surface area (Å²) in [5, 5.41) is 24.7. The van der Waals surface area contributed by atoms with Gasteiger partial charge in [-0.2, -0.15) is 10.4 Å². The topological polar surface area (TPSA) is 143 Å². The second-order valence-electron chi connectivity index (χ2n) is 7.84. The number of piperidine rings is 1. The van der Waals surface area contributed by atoms with Crippen molar-refractivity contribution < 1.29 is 19.2 Å². The molecule has 11 nitrogen and oxygen atoms in total. The molecule has 1 saturated heterocycles. The van der Waals surface area contributed by atoms with Crippen molar-refractivity contribution in [1.29, 1.82) is 5.26 Å². The van der Waals surface area contributed by atoms with E-state index in [-0.39, 0.29) is 23.7 Å². The number of benzene rings is 1. The van der Waals surface area contributed by atoms with Crippen molar-refractivity contribution in [3.63, 3.8) is 0 Å². The minimum absolute atomic E-state index is 0.0189. The largest absolute Gasteiger partial charge is 0.467 e. The summed E-state index contributed by atoms with van der Waals surface area (Å²) in [6, 6.07) is 6.64. The van der Waals surface area contributed by atoms with Crippen molar-refractivity contribution in [2.75, 3.05) is 31.7 Å². The zero-order valence-electron chi connectivity index (χ0n) is 19.4. The molecule has 1 aliphatic heterocycles. The Labute approximate surface area is 211 Å². The summed E-state index contributed by atoms with van der Waals surface area (Å²) in [5.41, 5.74) is 4.98. The van der Waals surface area contributed by atoms with Crippen LogP contribution >= 0.6 is 15.9 Å². The Morgan fingerprint density at radius 1 is 1.40 bits per heavy atom. The van der Waals surface area contributed by atoms with Crippen LogP contribution in [0.1, 0.15) is 41.6 Å². The number of aromatic nitrogens is 1. The number of rotatable bonds is 9. The number of hydrogen-bond acceptors (Lipinski definition) is 9. The standard InChI is InChI=1S/C23H25BrN6O5/c1-15-22(24)19(13-34-2)18(11-25)23(27-15)35-14-21(31)28-26-12-16-10-17(30(32)33)6-7-20(16)29-8-4-3-5-9-29/h6-7,10,12H,3-5,8-9,13-14H2,1-2H3,(H,28,31)/b26-12-. The molecule has 2 aromatic rings. The Balaban J connectivity index is 1.71. The Kier molecular flexibility index (Phi) is 9.11. The number of nitriles is 1. The number of ether oxygens (including phenoxy) is 2. The number of hydrazone groups is 1. The Morgan fingerprint density at radius 3 is 2.80 bits per heavy atom. The van der Waals surface area contributed by atoms with Gasteiger partial charge in [0.2, 0.25) is 5.88 Å². The molecule has 1 aromatic carbocycles. The number of halogens is 1. The molecule has 1 fully saturated rings. The van der Waals surface area contributed by atoms with E-state index in [2.05, 4.69) is 36.3 Å². The van der Waals surface area contributed by atoms with Gasteiger partial charge in [0.25, 0.3) is 11.6 Å². The zero-order chi connectivity index (χ0) is 25.4. The summed E-state index contributed by atoms with van der Waals surface area (Å²) in [5.74, 6) is -0.559. The van der Waals surface area contributed by atoms with E-state index in [4.69, 9.17) is 9.47 Å². The maximum atomic E-state index is 12.3. The highest BCUT2D eigenvalue weighted by Crippen LogP contribution is 2.30. The summed E-state index contributed by atoms with van der Waals surface area (Å²) < 4.78 is 11.3. The summed E-state index contributed by atoms with van der Waals surface area (Å²) in [6.45, 7) is 3.18. The SMILES string of the molecule is COCc1c(Br)c(C)nc(OCC(=O)N/N=C\c2cc([N+](=O)[O-])ccc2N2CCCCC2)c1C#N. The van der Waals surface area contributed by atoms with Gasteiger partial charge in [-0.25, -0.2) is 10.4 Å². The molecule has 0 saturated carbocycles. The molecule has 1 N–H and O–H groups in total. The molecule has 0 unspecified atom stereocenters. The van der Waals surface area contributed by atoms with Crippen molar-refractivity contribution in [2.24, 2.45) is 5.10 Å². The fraction of sp³-hybridized carbons (Fsp3) is 0.391. The second-order valence-corrected chi connectivity index (χ2v) is 8.64. The van der Waals surface area contributed by atoms with Crippen LogP contribution in [0.15, 0.2) is 27.8 Å². The molecule has 0 radical (unpaired) electrons. The monoisotopic (exact) mass is 544 g/mol. The van der Waals surface area contributed by atoms with E-state index < -0.39 is 17.4 Å².